The van der Waals surface area contributed by atoms with Crippen LogP contribution in [0, 0.1) is 0 Å². The highest BCUT2D eigenvalue weighted by Gasteiger charge is 2.35. The van der Waals surface area contributed by atoms with E-state index >= 15 is 0 Å². The predicted molar refractivity (Wildman–Crippen MR) is 63.2 cm³/mol. The number of anilines is 1. The Bertz CT molecular complexity index is 494. The van der Waals surface area contributed by atoms with Crippen molar-refractivity contribution in [1.82, 2.24) is 9.55 Å². The van der Waals surface area contributed by atoms with Gasteiger partial charge in [0.05, 0.1) is 17.2 Å². The summed E-state index contributed by atoms with van der Waals surface area (Å²) in [6.07, 6.45) is -0.716. The molecule has 1 aromatic heterocycles. The maximum Gasteiger partial charge on any atom is 0.351 e. The quantitative estimate of drug-likeness (QED) is 0.552. The van der Waals surface area contributed by atoms with Crippen LogP contribution in [0.5, 0.6) is 0 Å². The molecule has 0 amide bonds. The Balaban J connectivity index is 2.34. The Morgan fingerprint density at radius 3 is 2.94 bits per heavy atom. The van der Waals surface area contributed by atoms with Crippen molar-refractivity contribution in [3.8, 4) is 0 Å². The molecule has 18 heavy (non-hydrogen) atoms. The maximum absolute atomic E-state index is 11.7. The molecule has 4 N–H and O–H groups in total. The molecule has 0 spiro atoms. The number of aliphatic hydroxyl groups excluding tert-OH is 2. The van der Waals surface area contributed by atoms with E-state index in [0.29, 0.717) is 4.47 Å². The molecule has 3 atom stereocenters. The van der Waals surface area contributed by atoms with E-state index in [9.17, 15) is 9.90 Å². The number of hydrogen-bond donors (Lipinski definition) is 4. The lowest BCUT2D eigenvalue weighted by molar-refractivity contribution is -0.0530. The zero-order valence-electron chi connectivity index (χ0n) is 9.15. The van der Waals surface area contributed by atoms with Crippen molar-refractivity contribution >= 4 is 21.7 Å². The molecule has 2 rings (SSSR count). The third-order valence-corrected chi connectivity index (χ3v) is 3.24. The summed E-state index contributed by atoms with van der Waals surface area (Å²) in [6, 6.07) is 0. The van der Waals surface area contributed by atoms with E-state index < -0.39 is 24.1 Å². The molecule has 8 nitrogen and oxygen atoms in total. The van der Waals surface area contributed by atoms with Crippen LogP contribution in [-0.2, 0) is 4.74 Å². The second-order valence-electron chi connectivity index (χ2n) is 3.87. The number of rotatable bonds is 3. The lowest BCUT2D eigenvalue weighted by atomic mass is 10.2. The summed E-state index contributed by atoms with van der Waals surface area (Å²) in [5, 5.41) is 27.5. The fraction of sp³-hybridized carbons (Fsp3) is 0.556. The van der Waals surface area contributed by atoms with E-state index in [1.165, 1.54) is 6.20 Å². The first kappa shape index (κ1) is 13.4. The first-order valence-electron chi connectivity index (χ1n) is 5.20. The van der Waals surface area contributed by atoms with Gasteiger partial charge in [0.25, 0.3) is 0 Å². The van der Waals surface area contributed by atoms with Crippen LogP contribution in [-0.4, -0.2) is 43.8 Å². The van der Waals surface area contributed by atoms with Crippen LogP contribution in [0.2, 0.25) is 0 Å². The summed E-state index contributed by atoms with van der Waals surface area (Å²) in [6.45, 7) is -0.229. The molecular formula is C9H12BrN3O5. The van der Waals surface area contributed by atoms with Gasteiger partial charge in [0.15, 0.2) is 12.0 Å². The van der Waals surface area contributed by atoms with Crippen molar-refractivity contribution in [3.05, 3.63) is 21.2 Å². The summed E-state index contributed by atoms with van der Waals surface area (Å²) < 4.78 is 6.78. The number of aliphatic hydroxyl groups is 2. The van der Waals surface area contributed by atoms with Crippen LogP contribution >= 0.6 is 15.9 Å². The molecule has 1 saturated heterocycles. The monoisotopic (exact) mass is 321 g/mol. The molecule has 1 aliphatic rings. The van der Waals surface area contributed by atoms with Gasteiger partial charge in [-0.25, -0.2) is 4.79 Å². The molecule has 2 heterocycles. The van der Waals surface area contributed by atoms with Crippen LogP contribution in [0.25, 0.3) is 0 Å². The van der Waals surface area contributed by atoms with Gasteiger partial charge >= 0.3 is 5.69 Å². The van der Waals surface area contributed by atoms with Crippen molar-refractivity contribution in [3.63, 3.8) is 0 Å². The van der Waals surface area contributed by atoms with Gasteiger partial charge in [0.2, 0.25) is 0 Å². The molecule has 1 aliphatic heterocycles. The Hall–Kier alpha value is -1.00. The van der Waals surface area contributed by atoms with Crippen LogP contribution in [0.1, 0.15) is 12.6 Å². The van der Waals surface area contributed by atoms with Gasteiger partial charge in [-0.2, -0.15) is 4.98 Å². The number of halogens is 1. The zero-order valence-corrected chi connectivity index (χ0v) is 10.7. The van der Waals surface area contributed by atoms with Gasteiger partial charge in [-0.3, -0.25) is 15.3 Å². The highest BCUT2D eigenvalue weighted by atomic mass is 79.9. The van der Waals surface area contributed by atoms with E-state index in [2.05, 4.69) is 20.9 Å². The number of aromatic nitrogens is 2. The minimum atomic E-state index is -0.901. The molecule has 1 unspecified atom stereocenters. The fourth-order valence-corrected chi connectivity index (χ4v) is 2.20. The lowest BCUT2D eigenvalue weighted by Crippen LogP contribution is -2.32. The van der Waals surface area contributed by atoms with E-state index in [-0.39, 0.29) is 18.8 Å². The minimum absolute atomic E-state index is 0.0255. The first-order valence-corrected chi connectivity index (χ1v) is 5.99. The number of nitrogens with zero attached hydrogens (tertiary/aromatic N) is 2. The third-order valence-electron chi connectivity index (χ3n) is 2.66. The van der Waals surface area contributed by atoms with Crippen molar-refractivity contribution in [2.24, 2.45) is 0 Å². The van der Waals surface area contributed by atoms with E-state index in [0.717, 1.165) is 4.57 Å². The van der Waals surface area contributed by atoms with Crippen LogP contribution in [0.4, 0.5) is 5.82 Å². The summed E-state index contributed by atoms with van der Waals surface area (Å²) >= 11 is 3.11. The number of hydrogen-bond acceptors (Lipinski definition) is 7. The Morgan fingerprint density at radius 2 is 2.39 bits per heavy atom. The molecule has 0 aliphatic carbocycles. The van der Waals surface area contributed by atoms with E-state index in [1.54, 1.807) is 5.48 Å². The molecule has 0 bridgehead atoms. The summed E-state index contributed by atoms with van der Waals surface area (Å²) in [5.74, 6) is -0.0255. The molecule has 9 heteroatoms. The highest BCUT2D eigenvalue weighted by Crippen LogP contribution is 2.28. The average molecular weight is 322 g/mol. The van der Waals surface area contributed by atoms with Crippen LogP contribution in [0.15, 0.2) is 15.5 Å². The van der Waals surface area contributed by atoms with E-state index in [4.69, 9.17) is 15.1 Å². The van der Waals surface area contributed by atoms with Gasteiger partial charge in [-0.05, 0) is 15.9 Å². The summed E-state index contributed by atoms with van der Waals surface area (Å²) in [4.78, 5) is 15.3. The molecule has 0 saturated carbocycles. The predicted octanol–water partition coefficient (Wildman–Crippen LogP) is -0.552. The van der Waals surface area contributed by atoms with Crippen molar-refractivity contribution in [1.29, 1.82) is 0 Å². The molecule has 0 aromatic carbocycles. The Morgan fingerprint density at radius 1 is 1.67 bits per heavy atom. The van der Waals surface area contributed by atoms with Crippen LogP contribution in [0.3, 0.4) is 0 Å². The van der Waals surface area contributed by atoms with Crippen molar-refractivity contribution in [2.75, 3.05) is 12.1 Å². The zero-order chi connectivity index (χ0) is 13.3. The Kier molecular flexibility index (Phi) is 3.97. The first-order chi connectivity index (χ1) is 8.56. The lowest BCUT2D eigenvalue weighted by Gasteiger charge is -2.17. The summed E-state index contributed by atoms with van der Waals surface area (Å²) in [5.41, 5.74) is 1.09. The second-order valence-corrected chi connectivity index (χ2v) is 4.73. The molecule has 1 fully saturated rings. The van der Waals surface area contributed by atoms with Gasteiger partial charge < -0.3 is 14.9 Å². The minimum Gasteiger partial charge on any atom is -0.394 e. The average Bonchev–Trinajstić information content (AvgIpc) is 2.73. The standard InChI is InChI=1S/C9H12BrN3O5/c10-5-2-13(9(16)11-7(5)12-17)8-6(15)1-4(3-14)18-8/h2,4,6,8,14-15,17H,1,3H2,(H,11,12,16)/t4-,6?,8+/m0/s1. The van der Waals surface area contributed by atoms with Gasteiger partial charge in [-0.1, -0.05) is 0 Å². The highest BCUT2D eigenvalue weighted by molar-refractivity contribution is 9.10. The number of nitrogens with one attached hydrogen (secondary N) is 1. The van der Waals surface area contributed by atoms with Crippen LogP contribution < -0.4 is 11.2 Å². The van der Waals surface area contributed by atoms with Gasteiger partial charge in [0.1, 0.15) is 6.10 Å². The van der Waals surface area contributed by atoms with Crippen molar-refractivity contribution in [2.45, 2.75) is 24.9 Å². The van der Waals surface area contributed by atoms with Gasteiger partial charge in [-0.15, -0.1) is 0 Å². The summed E-state index contributed by atoms with van der Waals surface area (Å²) in [7, 11) is 0. The smallest absolute Gasteiger partial charge is 0.351 e. The van der Waals surface area contributed by atoms with E-state index in [1.807, 2.05) is 0 Å². The molecule has 1 aromatic rings. The largest absolute Gasteiger partial charge is 0.394 e. The normalized spacial score (nSPS) is 27.4. The molecule has 0 radical (unpaired) electrons. The SMILES string of the molecule is O=c1nc(NO)c(Br)cn1[C@@H]1O[C@H](CO)CC1O. The number of ether oxygens (including phenoxy) is 1. The fourth-order valence-electron chi connectivity index (χ4n) is 1.80. The molecule has 100 valence electrons. The Labute approximate surface area is 110 Å². The third kappa shape index (κ3) is 2.40. The van der Waals surface area contributed by atoms with Gasteiger partial charge in [0, 0.05) is 12.6 Å². The second kappa shape index (κ2) is 5.33. The topological polar surface area (TPSA) is 117 Å². The molecular weight excluding hydrogens is 310 g/mol. The maximum atomic E-state index is 11.7. The van der Waals surface area contributed by atoms with Crippen molar-refractivity contribution < 1.29 is 20.2 Å².